The van der Waals surface area contributed by atoms with Crippen LogP contribution in [0.5, 0.6) is 5.75 Å². The number of ether oxygens (including phenoxy) is 1. The molecule has 4 nitrogen and oxygen atoms in total. The van der Waals surface area contributed by atoms with Crippen LogP contribution < -0.4 is 10.5 Å². The van der Waals surface area contributed by atoms with Crippen LogP contribution >= 0.6 is 12.2 Å². The number of hydrogen-bond donors (Lipinski definition) is 2. The Hall–Kier alpha value is -1.17. The van der Waals surface area contributed by atoms with Gasteiger partial charge in [0.05, 0.1) is 4.99 Å². The van der Waals surface area contributed by atoms with Crippen LogP contribution in [-0.2, 0) is 6.42 Å². The van der Waals surface area contributed by atoms with Crippen molar-refractivity contribution in [1.29, 1.82) is 0 Å². The van der Waals surface area contributed by atoms with Crippen molar-refractivity contribution in [2.75, 3.05) is 32.8 Å². The molecule has 1 aromatic rings. The highest BCUT2D eigenvalue weighted by atomic mass is 32.1. The fourth-order valence-corrected chi connectivity index (χ4v) is 2.09. The number of nitrogens with zero attached hydrogens (tertiary/aromatic N) is 1. The Labute approximate surface area is 126 Å². The largest absolute Gasteiger partial charge is 0.492 e. The van der Waals surface area contributed by atoms with Gasteiger partial charge in [-0.3, -0.25) is 0 Å². The van der Waals surface area contributed by atoms with E-state index in [1.54, 1.807) is 0 Å². The zero-order valence-electron chi connectivity index (χ0n) is 12.0. The van der Waals surface area contributed by atoms with Gasteiger partial charge in [0, 0.05) is 26.1 Å². The summed E-state index contributed by atoms with van der Waals surface area (Å²) in [5.41, 5.74) is 6.61. The molecule has 20 heavy (non-hydrogen) atoms. The fourth-order valence-electron chi connectivity index (χ4n) is 1.92. The molecule has 5 heteroatoms. The van der Waals surface area contributed by atoms with Crippen LogP contribution in [0.25, 0.3) is 0 Å². The Balaban J connectivity index is 2.32. The minimum atomic E-state index is 0.238. The molecule has 0 unspecified atom stereocenters. The van der Waals surface area contributed by atoms with E-state index in [0.717, 1.165) is 37.4 Å². The molecule has 0 aromatic heterocycles. The molecule has 0 aliphatic heterocycles. The summed E-state index contributed by atoms with van der Waals surface area (Å²) in [6.07, 6.45) is 1.43. The van der Waals surface area contributed by atoms with E-state index < -0.39 is 0 Å². The first-order chi connectivity index (χ1) is 9.65. The lowest BCUT2D eigenvalue weighted by atomic mass is 10.1. The first-order valence-electron chi connectivity index (χ1n) is 6.99. The van der Waals surface area contributed by atoms with E-state index in [4.69, 9.17) is 27.8 Å². The molecule has 0 heterocycles. The van der Waals surface area contributed by atoms with Gasteiger partial charge in [-0.25, -0.2) is 0 Å². The van der Waals surface area contributed by atoms with Gasteiger partial charge in [-0.2, -0.15) is 0 Å². The molecule has 0 atom stereocenters. The predicted octanol–water partition coefficient (Wildman–Crippen LogP) is 1.60. The molecule has 0 amide bonds. The third-order valence-electron chi connectivity index (χ3n) is 3.06. The molecule has 1 rings (SSSR count). The maximum Gasteiger partial charge on any atom is 0.119 e. The summed E-state index contributed by atoms with van der Waals surface area (Å²) in [5, 5.41) is 8.83. The van der Waals surface area contributed by atoms with Gasteiger partial charge in [0.15, 0.2) is 0 Å². The van der Waals surface area contributed by atoms with Crippen molar-refractivity contribution in [3.63, 3.8) is 0 Å². The van der Waals surface area contributed by atoms with Crippen molar-refractivity contribution in [2.24, 2.45) is 5.73 Å². The molecular formula is C15H24N2O2S. The van der Waals surface area contributed by atoms with E-state index >= 15 is 0 Å². The smallest absolute Gasteiger partial charge is 0.119 e. The lowest BCUT2D eigenvalue weighted by Gasteiger charge is -2.19. The van der Waals surface area contributed by atoms with Crippen molar-refractivity contribution in [2.45, 2.75) is 19.8 Å². The third kappa shape index (κ3) is 6.84. The summed E-state index contributed by atoms with van der Waals surface area (Å²) in [4.78, 5) is 2.76. The van der Waals surface area contributed by atoms with E-state index in [9.17, 15) is 0 Å². The van der Waals surface area contributed by atoms with Crippen LogP contribution in [0.3, 0.4) is 0 Å². The average molecular weight is 296 g/mol. The number of hydrogen-bond acceptors (Lipinski definition) is 4. The summed E-state index contributed by atoms with van der Waals surface area (Å²) >= 11 is 4.88. The molecular weight excluding hydrogens is 272 g/mol. The highest BCUT2D eigenvalue weighted by molar-refractivity contribution is 7.80. The van der Waals surface area contributed by atoms with Gasteiger partial charge >= 0.3 is 0 Å². The first kappa shape index (κ1) is 16.9. The van der Waals surface area contributed by atoms with E-state index in [-0.39, 0.29) is 6.61 Å². The minimum Gasteiger partial charge on any atom is -0.492 e. The standard InChI is InChI=1S/C15H24N2O2S/c1-2-17(8-3-10-18)9-11-19-14-6-4-13(5-7-14)12-15(16)20/h4-7,18H,2-3,8-12H2,1H3,(H2,16,20). The number of likely N-dealkylation sites (N-methyl/N-ethyl adjacent to an activating group) is 1. The topological polar surface area (TPSA) is 58.7 Å². The Morgan fingerprint density at radius 1 is 1.30 bits per heavy atom. The van der Waals surface area contributed by atoms with Crippen molar-refractivity contribution >= 4 is 17.2 Å². The van der Waals surface area contributed by atoms with E-state index in [1.165, 1.54) is 0 Å². The lowest BCUT2D eigenvalue weighted by Crippen LogP contribution is -2.29. The van der Waals surface area contributed by atoms with Gasteiger partial charge in [-0.1, -0.05) is 31.3 Å². The van der Waals surface area contributed by atoms with Gasteiger partial charge in [0.1, 0.15) is 12.4 Å². The molecule has 0 radical (unpaired) electrons. The van der Waals surface area contributed by atoms with Crippen LogP contribution in [0.1, 0.15) is 18.9 Å². The molecule has 0 saturated heterocycles. The van der Waals surface area contributed by atoms with E-state index in [2.05, 4.69) is 11.8 Å². The number of thiocarbonyl (C=S) groups is 1. The van der Waals surface area contributed by atoms with E-state index in [1.807, 2.05) is 24.3 Å². The normalized spacial score (nSPS) is 10.8. The summed E-state index contributed by atoms with van der Waals surface area (Å²) in [7, 11) is 0. The quantitative estimate of drug-likeness (QED) is 0.642. The monoisotopic (exact) mass is 296 g/mol. The zero-order valence-corrected chi connectivity index (χ0v) is 12.9. The number of benzene rings is 1. The van der Waals surface area contributed by atoms with Crippen molar-refractivity contribution < 1.29 is 9.84 Å². The fraction of sp³-hybridized carbons (Fsp3) is 0.533. The number of aliphatic hydroxyl groups is 1. The molecule has 0 bridgehead atoms. The summed E-state index contributed by atoms with van der Waals surface area (Å²) in [5.74, 6) is 0.856. The second-order valence-electron chi connectivity index (χ2n) is 4.65. The summed E-state index contributed by atoms with van der Waals surface area (Å²) in [6, 6.07) is 7.85. The summed E-state index contributed by atoms with van der Waals surface area (Å²) < 4.78 is 5.71. The molecule has 0 aliphatic carbocycles. The number of nitrogens with two attached hydrogens (primary N) is 1. The maximum atomic E-state index is 8.83. The molecule has 3 N–H and O–H groups in total. The summed E-state index contributed by atoms with van der Waals surface area (Å²) in [6.45, 7) is 5.74. The first-order valence-corrected chi connectivity index (χ1v) is 7.39. The van der Waals surface area contributed by atoms with Crippen LogP contribution in [0, 0.1) is 0 Å². The zero-order chi connectivity index (χ0) is 14.8. The van der Waals surface area contributed by atoms with Gasteiger partial charge in [-0.15, -0.1) is 0 Å². The van der Waals surface area contributed by atoms with E-state index in [0.29, 0.717) is 18.0 Å². The third-order valence-corrected chi connectivity index (χ3v) is 3.20. The van der Waals surface area contributed by atoms with Crippen molar-refractivity contribution in [3.05, 3.63) is 29.8 Å². The predicted molar refractivity (Wildman–Crippen MR) is 86.2 cm³/mol. The lowest BCUT2D eigenvalue weighted by molar-refractivity contribution is 0.195. The average Bonchev–Trinajstić information content (AvgIpc) is 2.44. The van der Waals surface area contributed by atoms with Crippen LogP contribution in [0.4, 0.5) is 0 Å². The van der Waals surface area contributed by atoms with Crippen molar-refractivity contribution in [3.8, 4) is 5.75 Å². The van der Waals surface area contributed by atoms with Gasteiger partial charge in [-0.05, 0) is 30.7 Å². The van der Waals surface area contributed by atoms with Gasteiger partial charge in [0.2, 0.25) is 0 Å². The van der Waals surface area contributed by atoms with Gasteiger partial charge in [0.25, 0.3) is 0 Å². The van der Waals surface area contributed by atoms with Crippen LogP contribution in [0.15, 0.2) is 24.3 Å². The minimum absolute atomic E-state index is 0.238. The number of rotatable bonds is 10. The highest BCUT2D eigenvalue weighted by Crippen LogP contribution is 2.12. The Morgan fingerprint density at radius 2 is 2.00 bits per heavy atom. The second kappa shape index (κ2) is 9.69. The molecule has 112 valence electrons. The highest BCUT2D eigenvalue weighted by Gasteiger charge is 2.02. The van der Waals surface area contributed by atoms with Crippen LogP contribution in [0.2, 0.25) is 0 Å². The Morgan fingerprint density at radius 3 is 2.55 bits per heavy atom. The molecule has 0 spiro atoms. The Kier molecular flexibility index (Phi) is 8.18. The maximum absolute atomic E-state index is 8.83. The number of aliphatic hydroxyl groups excluding tert-OH is 1. The molecule has 0 saturated carbocycles. The van der Waals surface area contributed by atoms with Gasteiger partial charge < -0.3 is 20.5 Å². The molecule has 1 aromatic carbocycles. The SMILES string of the molecule is CCN(CCCO)CCOc1ccc(CC(N)=S)cc1. The second-order valence-corrected chi connectivity index (χ2v) is 5.17. The van der Waals surface area contributed by atoms with Crippen molar-refractivity contribution in [1.82, 2.24) is 4.90 Å². The molecule has 0 fully saturated rings. The Bertz CT molecular complexity index is 395. The van der Waals surface area contributed by atoms with Crippen LogP contribution in [-0.4, -0.2) is 47.8 Å². The molecule has 0 aliphatic rings.